The summed E-state index contributed by atoms with van der Waals surface area (Å²) in [4.78, 5) is 2.33. The largest absolute Gasteiger partial charge is 0.469 e. The van der Waals surface area contributed by atoms with Gasteiger partial charge in [0, 0.05) is 38.3 Å². The van der Waals surface area contributed by atoms with Gasteiger partial charge in [0.05, 0.1) is 6.26 Å². The number of likely N-dealkylation sites (N-methyl/N-ethyl adjacent to an activating group) is 1. The summed E-state index contributed by atoms with van der Waals surface area (Å²) in [7, 11) is 2.16. The van der Waals surface area contributed by atoms with E-state index in [1.807, 2.05) is 12.1 Å². The number of fused-ring (bicyclic) bond motifs is 1. The van der Waals surface area contributed by atoms with Gasteiger partial charge in [-0.3, -0.25) is 0 Å². The van der Waals surface area contributed by atoms with Crippen molar-refractivity contribution in [2.24, 2.45) is 0 Å². The van der Waals surface area contributed by atoms with Gasteiger partial charge in [-0.25, -0.2) is 0 Å². The van der Waals surface area contributed by atoms with E-state index >= 15 is 0 Å². The Morgan fingerprint density at radius 3 is 3.05 bits per heavy atom. The molecule has 0 aliphatic carbocycles. The van der Waals surface area contributed by atoms with Crippen LogP contribution >= 0.6 is 0 Å². The van der Waals surface area contributed by atoms with Gasteiger partial charge in [0.2, 0.25) is 0 Å². The van der Waals surface area contributed by atoms with Crippen LogP contribution in [0.3, 0.4) is 0 Å². The van der Waals surface area contributed by atoms with Crippen molar-refractivity contribution in [1.82, 2.24) is 5.32 Å². The second-order valence-corrected chi connectivity index (χ2v) is 5.70. The smallest absolute Gasteiger partial charge is 0.105 e. The molecule has 1 aromatic heterocycles. The Kier molecular flexibility index (Phi) is 3.79. The molecule has 1 unspecified atom stereocenters. The lowest BCUT2D eigenvalue weighted by Crippen LogP contribution is -2.27. The molecule has 3 rings (SSSR count). The van der Waals surface area contributed by atoms with Crippen LogP contribution in [0.25, 0.3) is 0 Å². The first kappa shape index (κ1) is 13.3. The highest BCUT2D eigenvalue weighted by atomic mass is 16.3. The fourth-order valence-corrected chi connectivity index (χ4v) is 2.82. The highest BCUT2D eigenvalue weighted by Gasteiger charge is 2.15. The van der Waals surface area contributed by atoms with E-state index in [4.69, 9.17) is 4.42 Å². The molecule has 1 aliphatic heterocycles. The van der Waals surface area contributed by atoms with E-state index in [1.165, 1.54) is 23.2 Å². The summed E-state index contributed by atoms with van der Waals surface area (Å²) in [5.74, 6) is 1.04. The molecule has 3 nitrogen and oxygen atoms in total. The third kappa shape index (κ3) is 2.88. The van der Waals surface area contributed by atoms with E-state index in [2.05, 4.69) is 42.4 Å². The topological polar surface area (TPSA) is 28.4 Å². The first-order chi connectivity index (χ1) is 9.72. The maximum Gasteiger partial charge on any atom is 0.105 e. The molecular weight excluding hydrogens is 248 g/mol. The fraction of sp³-hybridized carbons (Fsp3) is 0.412. The molecule has 1 aromatic carbocycles. The van der Waals surface area contributed by atoms with Crippen molar-refractivity contribution in [3.63, 3.8) is 0 Å². The standard InChI is InChI=1S/C17H22N2O/c1-13(10-16-4-3-9-20-16)18-12-14-5-6-17-15(11-14)7-8-19(17)2/h3-6,9,11,13,18H,7-8,10,12H2,1-2H3. The number of nitrogens with one attached hydrogen (secondary N) is 1. The normalized spacial score (nSPS) is 15.4. The molecular formula is C17H22N2O. The number of nitrogens with zero attached hydrogens (tertiary/aromatic N) is 1. The molecule has 0 radical (unpaired) electrons. The minimum Gasteiger partial charge on any atom is -0.469 e. The number of furan rings is 1. The molecule has 0 spiro atoms. The monoisotopic (exact) mass is 270 g/mol. The second-order valence-electron chi connectivity index (χ2n) is 5.70. The molecule has 0 saturated heterocycles. The third-order valence-corrected chi connectivity index (χ3v) is 4.01. The summed E-state index contributed by atoms with van der Waals surface area (Å²) in [5.41, 5.74) is 4.23. The minimum absolute atomic E-state index is 0.414. The van der Waals surface area contributed by atoms with Crippen molar-refractivity contribution in [2.45, 2.75) is 32.4 Å². The SMILES string of the molecule is CC(Cc1ccco1)NCc1ccc2c(c1)CCN2C. The van der Waals surface area contributed by atoms with Gasteiger partial charge in [0.15, 0.2) is 0 Å². The van der Waals surface area contributed by atoms with Crippen LogP contribution in [-0.4, -0.2) is 19.6 Å². The lowest BCUT2D eigenvalue weighted by Gasteiger charge is -2.14. The van der Waals surface area contributed by atoms with Gasteiger partial charge in [-0.05, 0) is 42.7 Å². The van der Waals surface area contributed by atoms with E-state index in [9.17, 15) is 0 Å². The Bertz CT molecular complexity index is 562. The molecule has 0 bridgehead atoms. The molecule has 1 N–H and O–H groups in total. The summed E-state index contributed by atoms with van der Waals surface area (Å²) < 4.78 is 5.38. The number of hydrogen-bond acceptors (Lipinski definition) is 3. The van der Waals surface area contributed by atoms with Crippen LogP contribution in [0.2, 0.25) is 0 Å². The van der Waals surface area contributed by atoms with Gasteiger partial charge in [-0.2, -0.15) is 0 Å². The van der Waals surface area contributed by atoms with Crippen molar-refractivity contribution in [3.05, 3.63) is 53.5 Å². The van der Waals surface area contributed by atoms with Gasteiger partial charge in [-0.1, -0.05) is 12.1 Å². The van der Waals surface area contributed by atoms with Crippen LogP contribution in [0.5, 0.6) is 0 Å². The number of rotatable bonds is 5. The van der Waals surface area contributed by atoms with Gasteiger partial charge < -0.3 is 14.6 Å². The van der Waals surface area contributed by atoms with Gasteiger partial charge >= 0.3 is 0 Å². The highest BCUT2D eigenvalue weighted by Crippen LogP contribution is 2.27. The van der Waals surface area contributed by atoms with E-state index in [1.54, 1.807) is 6.26 Å². The molecule has 3 heteroatoms. The Morgan fingerprint density at radius 1 is 1.35 bits per heavy atom. The van der Waals surface area contributed by atoms with Crippen molar-refractivity contribution in [1.29, 1.82) is 0 Å². The molecule has 0 saturated carbocycles. The van der Waals surface area contributed by atoms with Gasteiger partial charge in [-0.15, -0.1) is 0 Å². The lowest BCUT2D eigenvalue weighted by molar-refractivity contribution is 0.456. The molecule has 0 amide bonds. The second kappa shape index (κ2) is 5.71. The Labute approximate surface area is 120 Å². The minimum atomic E-state index is 0.414. The van der Waals surface area contributed by atoms with Crippen molar-refractivity contribution < 1.29 is 4.42 Å². The van der Waals surface area contributed by atoms with Crippen molar-refractivity contribution in [3.8, 4) is 0 Å². The summed E-state index contributed by atoms with van der Waals surface area (Å²) in [6, 6.07) is 11.2. The van der Waals surface area contributed by atoms with Gasteiger partial charge in [0.25, 0.3) is 0 Å². The van der Waals surface area contributed by atoms with E-state index in [0.29, 0.717) is 6.04 Å². The molecule has 2 aromatic rings. The maximum atomic E-state index is 5.38. The van der Waals surface area contributed by atoms with Crippen LogP contribution in [0.15, 0.2) is 41.0 Å². The molecule has 20 heavy (non-hydrogen) atoms. The maximum absolute atomic E-state index is 5.38. The van der Waals surface area contributed by atoms with Crippen LogP contribution < -0.4 is 10.2 Å². The summed E-state index contributed by atoms with van der Waals surface area (Å²) in [5, 5.41) is 3.57. The average Bonchev–Trinajstić information content (AvgIpc) is 3.07. The van der Waals surface area contributed by atoms with E-state index in [-0.39, 0.29) is 0 Å². The Hall–Kier alpha value is -1.74. The first-order valence-electron chi connectivity index (χ1n) is 7.31. The number of anilines is 1. The van der Waals surface area contributed by atoms with Crippen molar-refractivity contribution in [2.75, 3.05) is 18.5 Å². The Balaban J connectivity index is 1.56. The quantitative estimate of drug-likeness (QED) is 0.905. The zero-order valence-corrected chi connectivity index (χ0v) is 12.2. The Morgan fingerprint density at radius 2 is 2.25 bits per heavy atom. The molecule has 0 fully saturated rings. The zero-order valence-electron chi connectivity index (χ0n) is 12.2. The van der Waals surface area contributed by atoms with Crippen LogP contribution in [0.1, 0.15) is 23.8 Å². The predicted octanol–water partition coefficient (Wildman–Crippen LogP) is 2.99. The number of benzene rings is 1. The van der Waals surface area contributed by atoms with Crippen LogP contribution in [0.4, 0.5) is 5.69 Å². The summed E-state index contributed by atoms with van der Waals surface area (Å²) in [6.45, 7) is 4.25. The average molecular weight is 270 g/mol. The van der Waals surface area contributed by atoms with Gasteiger partial charge in [0.1, 0.15) is 5.76 Å². The van der Waals surface area contributed by atoms with Crippen LogP contribution in [0, 0.1) is 0 Å². The highest BCUT2D eigenvalue weighted by molar-refractivity contribution is 5.58. The summed E-state index contributed by atoms with van der Waals surface area (Å²) >= 11 is 0. The predicted molar refractivity (Wildman–Crippen MR) is 82.1 cm³/mol. The number of hydrogen-bond donors (Lipinski definition) is 1. The molecule has 106 valence electrons. The van der Waals surface area contributed by atoms with E-state index in [0.717, 1.165) is 25.3 Å². The van der Waals surface area contributed by atoms with Crippen molar-refractivity contribution >= 4 is 5.69 Å². The molecule has 2 heterocycles. The first-order valence-corrected chi connectivity index (χ1v) is 7.31. The molecule has 1 aliphatic rings. The summed E-state index contributed by atoms with van der Waals surface area (Å²) in [6.07, 6.45) is 3.83. The van der Waals surface area contributed by atoms with E-state index < -0.39 is 0 Å². The van der Waals surface area contributed by atoms with Crippen LogP contribution in [-0.2, 0) is 19.4 Å². The third-order valence-electron chi connectivity index (χ3n) is 4.01. The fourth-order valence-electron chi connectivity index (χ4n) is 2.82. The lowest BCUT2D eigenvalue weighted by atomic mass is 10.1. The zero-order chi connectivity index (χ0) is 13.9. The molecule has 1 atom stereocenters.